The molecule has 0 bridgehead atoms. The lowest BCUT2D eigenvalue weighted by atomic mass is 9.89. The summed E-state index contributed by atoms with van der Waals surface area (Å²) in [4.78, 5) is 4.26. The Kier molecular flexibility index (Phi) is 3.78. The minimum atomic E-state index is 0.330. The van der Waals surface area contributed by atoms with Crippen molar-refractivity contribution < 1.29 is 4.74 Å². The maximum atomic E-state index is 5.93. The van der Waals surface area contributed by atoms with Crippen molar-refractivity contribution in [2.45, 2.75) is 45.3 Å². The number of rotatable bonds is 3. The lowest BCUT2D eigenvalue weighted by Gasteiger charge is -2.26. The average Bonchev–Trinajstić information content (AvgIpc) is 2.33. The number of hydrogen-bond donors (Lipinski definition) is 1. The highest BCUT2D eigenvalue weighted by molar-refractivity contribution is 5.25. The SMILES string of the molecule is CC1CCC(Oc2ncccc2CN)CC1. The first-order chi connectivity index (χ1) is 7.79. The summed E-state index contributed by atoms with van der Waals surface area (Å²) in [5.74, 6) is 1.57. The molecule has 2 N–H and O–H groups in total. The minimum absolute atomic E-state index is 0.330. The lowest BCUT2D eigenvalue weighted by molar-refractivity contribution is 0.129. The molecule has 1 saturated carbocycles. The highest BCUT2D eigenvalue weighted by Gasteiger charge is 2.20. The van der Waals surface area contributed by atoms with E-state index in [-0.39, 0.29) is 0 Å². The molecule has 1 aliphatic rings. The van der Waals surface area contributed by atoms with Gasteiger partial charge in [0, 0.05) is 18.3 Å². The van der Waals surface area contributed by atoms with Gasteiger partial charge < -0.3 is 10.5 Å². The topological polar surface area (TPSA) is 48.1 Å². The molecule has 0 radical (unpaired) electrons. The molecule has 0 amide bonds. The van der Waals surface area contributed by atoms with Gasteiger partial charge in [0.15, 0.2) is 0 Å². The quantitative estimate of drug-likeness (QED) is 0.851. The molecule has 3 nitrogen and oxygen atoms in total. The van der Waals surface area contributed by atoms with Gasteiger partial charge in [0.2, 0.25) is 5.88 Å². The Bertz CT molecular complexity index is 332. The van der Waals surface area contributed by atoms with Gasteiger partial charge in [-0.2, -0.15) is 0 Å². The fourth-order valence-corrected chi connectivity index (χ4v) is 2.19. The number of aromatic nitrogens is 1. The van der Waals surface area contributed by atoms with Crippen molar-refractivity contribution in [2.75, 3.05) is 0 Å². The normalized spacial score (nSPS) is 25.4. The van der Waals surface area contributed by atoms with Crippen LogP contribution >= 0.6 is 0 Å². The van der Waals surface area contributed by atoms with Gasteiger partial charge in [-0.25, -0.2) is 4.98 Å². The second-order valence-electron chi connectivity index (χ2n) is 4.67. The maximum Gasteiger partial charge on any atom is 0.218 e. The van der Waals surface area contributed by atoms with E-state index in [9.17, 15) is 0 Å². The van der Waals surface area contributed by atoms with Crippen LogP contribution in [0, 0.1) is 5.92 Å². The van der Waals surface area contributed by atoms with E-state index in [1.165, 1.54) is 12.8 Å². The molecule has 1 heterocycles. The molecular weight excluding hydrogens is 200 g/mol. The molecule has 0 atom stereocenters. The predicted octanol–water partition coefficient (Wildman–Crippen LogP) is 2.50. The number of nitrogens with two attached hydrogens (primary N) is 1. The zero-order valence-corrected chi connectivity index (χ0v) is 9.86. The van der Waals surface area contributed by atoms with Crippen LogP contribution in [-0.4, -0.2) is 11.1 Å². The summed E-state index contributed by atoms with van der Waals surface area (Å²) in [6.45, 7) is 2.80. The van der Waals surface area contributed by atoms with Gasteiger partial charge in [0.1, 0.15) is 6.10 Å². The highest BCUT2D eigenvalue weighted by Crippen LogP contribution is 2.27. The van der Waals surface area contributed by atoms with E-state index >= 15 is 0 Å². The number of ether oxygens (including phenoxy) is 1. The van der Waals surface area contributed by atoms with Crippen LogP contribution in [0.3, 0.4) is 0 Å². The third-order valence-electron chi connectivity index (χ3n) is 3.31. The van der Waals surface area contributed by atoms with Crippen molar-refractivity contribution in [1.82, 2.24) is 4.98 Å². The molecule has 16 heavy (non-hydrogen) atoms. The van der Waals surface area contributed by atoms with Crippen LogP contribution in [0.1, 0.15) is 38.2 Å². The second kappa shape index (κ2) is 5.30. The number of pyridine rings is 1. The lowest BCUT2D eigenvalue weighted by Crippen LogP contribution is -2.24. The maximum absolute atomic E-state index is 5.93. The van der Waals surface area contributed by atoms with Crippen LogP contribution in [0.5, 0.6) is 5.88 Å². The van der Waals surface area contributed by atoms with Crippen molar-refractivity contribution >= 4 is 0 Å². The van der Waals surface area contributed by atoms with Gasteiger partial charge in [-0.05, 0) is 37.7 Å². The number of nitrogens with zero attached hydrogens (tertiary/aromatic N) is 1. The zero-order valence-electron chi connectivity index (χ0n) is 9.86. The molecule has 1 aromatic heterocycles. The van der Waals surface area contributed by atoms with Crippen LogP contribution in [0.2, 0.25) is 0 Å². The molecule has 1 aliphatic carbocycles. The van der Waals surface area contributed by atoms with Crippen molar-refractivity contribution in [2.24, 2.45) is 11.7 Å². The zero-order chi connectivity index (χ0) is 11.4. The van der Waals surface area contributed by atoms with Crippen LogP contribution in [0.25, 0.3) is 0 Å². The van der Waals surface area contributed by atoms with Crippen molar-refractivity contribution in [3.05, 3.63) is 23.9 Å². The molecule has 88 valence electrons. The minimum Gasteiger partial charge on any atom is -0.474 e. The smallest absolute Gasteiger partial charge is 0.218 e. The van der Waals surface area contributed by atoms with Crippen molar-refractivity contribution in [3.63, 3.8) is 0 Å². The second-order valence-corrected chi connectivity index (χ2v) is 4.67. The summed E-state index contributed by atoms with van der Waals surface area (Å²) >= 11 is 0. The first-order valence-corrected chi connectivity index (χ1v) is 6.10. The molecule has 1 fully saturated rings. The Hall–Kier alpha value is -1.09. The fourth-order valence-electron chi connectivity index (χ4n) is 2.19. The molecule has 3 heteroatoms. The van der Waals surface area contributed by atoms with E-state index in [4.69, 9.17) is 10.5 Å². The van der Waals surface area contributed by atoms with E-state index in [0.29, 0.717) is 12.6 Å². The predicted molar refractivity (Wildman–Crippen MR) is 64.2 cm³/mol. The van der Waals surface area contributed by atoms with E-state index < -0.39 is 0 Å². The van der Waals surface area contributed by atoms with Crippen molar-refractivity contribution in [1.29, 1.82) is 0 Å². The Morgan fingerprint density at radius 3 is 2.81 bits per heavy atom. The Morgan fingerprint density at radius 1 is 1.38 bits per heavy atom. The molecule has 1 aromatic rings. The van der Waals surface area contributed by atoms with E-state index in [0.717, 1.165) is 30.2 Å². The monoisotopic (exact) mass is 220 g/mol. The summed E-state index contributed by atoms with van der Waals surface area (Å²) in [6.07, 6.45) is 6.89. The van der Waals surface area contributed by atoms with Gasteiger partial charge in [-0.3, -0.25) is 0 Å². The summed E-state index contributed by atoms with van der Waals surface area (Å²) in [5, 5.41) is 0. The van der Waals surface area contributed by atoms with Crippen molar-refractivity contribution in [3.8, 4) is 5.88 Å². The molecule has 0 saturated heterocycles. The largest absolute Gasteiger partial charge is 0.474 e. The molecule has 0 unspecified atom stereocenters. The first kappa shape index (κ1) is 11.4. The third kappa shape index (κ3) is 2.73. The Labute approximate surface area is 97.0 Å². The average molecular weight is 220 g/mol. The fraction of sp³-hybridized carbons (Fsp3) is 0.615. The summed E-state index contributed by atoms with van der Waals surface area (Å²) in [5.41, 5.74) is 6.66. The van der Waals surface area contributed by atoms with Gasteiger partial charge in [-0.1, -0.05) is 13.0 Å². The molecule has 2 rings (SSSR count). The van der Waals surface area contributed by atoms with Gasteiger partial charge in [-0.15, -0.1) is 0 Å². The number of hydrogen-bond acceptors (Lipinski definition) is 3. The van der Waals surface area contributed by atoms with E-state index in [1.807, 2.05) is 12.1 Å². The molecule has 0 aliphatic heterocycles. The molecule has 0 spiro atoms. The van der Waals surface area contributed by atoms with E-state index in [2.05, 4.69) is 11.9 Å². The Morgan fingerprint density at radius 2 is 2.12 bits per heavy atom. The summed E-state index contributed by atoms with van der Waals surface area (Å²) < 4.78 is 5.93. The molecule has 0 aromatic carbocycles. The first-order valence-electron chi connectivity index (χ1n) is 6.10. The van der Waals surface area contributed by atoms with Gasteiger partial charge >= 0.3 is 0 Å². The molecular formula is C13H20N2O. The highest BCUT2D eigenvalue weighted by atomic mass is 16.5. The Balaban J connectivity index is 1.98. The van der Waals surface area contributed by atoms with Crippen LogP contribution in [0.4, 0.5) is 0 Å². The van der Waals surface area contributed by atoms with Gasteiger partial charge in [0.05, 0.1) is 0 Å². The summed E-state index contributed by atoms with van der Waals surface area (Å²) in [6, 6.07) is 3.88. The van der Waals surface area contributed by atoms with Crippen LogP contribution in [0.15, 0.2) is 18.3 Å². The van der Waals surface area contributed by atoms with Crippen LogP contribution in [-0.2, 0) is 6.54 Å². The van der Waals surface area contributed by atoms with Crippen LogP contribution < -0.4 is 10.5 Å². The standard InChI is InChI=1S/C13H20N2O/c1-10-4-6-12(7-5-10)16-13-11(9-14)3-2-8-15-13/h2-3,8,10,12H,4-7,9,14H2,1H3. The summed E-state index contributed by atoms with van der Waals surface area (Å²) in [7, 11) is 0. The van der Waals surface area contributed by atoms with Gasteiger partial charge in [0.25, 0.3) is 0 Å². The van der Waals surface area contributed by atoms with E-state index in [1.54, 1.807) is 6.20 Å². The third-order valence-corrected chi connectivity index (χ3v) is 3.31.